The van der Waals surface area contributed by atoms with Crippen LogP contribution in [0.4, 0.5) is 0 Å². The minimum Gasteiger partial charge on any atom is -0.469 e. The van der Waals surface area contributed by atoms with Crippen molar-refractivity contribution in [3.05, 3.63) is 54.6 Å². The highest BCUT2D eigenvalue weighted by atomic mass is 16.5. The third-order valence-electron chi connectivity index (χ3n) is 5.39. The van der Waals surface area contributed by atoms with Crippen LogP contribution in [0.2, 0.25) is 0 Å². The quantitative estimate of drug-likeness (QED) is 0.285. The van der Waals surface area contributed by atoms with E-state index in [0.717, 1.165) is 44.1 Å². The molecule has 0 aromatic heterocycles. The average molecular weight is 385 g/mol. The number of methoxy groups -OCH3 is 1. The van der Waals surface area contributed by atoms with Crippen molar-refractivity contribution in [2.75, 3.05) is 13.7 Å². The molecule has 1 aliphatic carbocycles. The van der Waals surface area contributed by atoms with Crippen molar-refractivity contribution in [1.29, 1.82) is 0 Å². The van der Waals surface area contributed by atoms with Crippen molar-refractivity contribution >= 4 is 17.8 Å². The van der Waals surface area contributed by atoms with Gasteiger partial charge < -0.3 is 9.47 Å². The fraction of sp³-hybridized carbons (Fsp3) is 0.500. The van der Waals surface area contributed by atoms with Crippen LogP contribution in [0.15, 0.2) is 49.1 Å². The fourth-order valence-electron chi connectivity index (χ4n) is 3.80. The number of carbonyl (C=O) groups is 2. The number of hydrogen-bond donors (Lipinski definition) is 0. The molecule has 152 valence electrons. The van der Waals surface area contributed by atoms with Gasteiger partial charge >= 0.3 is 5.97 Å². The Morgan fingerprint density at radius 2 is 1.96 bits per heavy atom. The van der Waals surface area contributed by atoms with Gasteiger partial charge in [0.25, 0.3) is 0 Å². The monoisotopic (exact) mass is 384 g/mol. The summed E-state index contributed by atoms with van der Waals surface area (Å²) in [6.45, 7) is 4.17. The highest BCUT2D eigenvalue weighted by molar-refractivity contribution is 5.90. The van der Waals surface area contributed by atoms with Gasteiger partial charge in [0.05, 0.1) is 19.8 Å². The van der Waals surface area contributed by atoms with Gasteiger partial charge in [-0.1, -0.05) is 67.8 Å². The number of rotatable bonds is 12. The van der Waals surface area contributed by atoms with Crippen molar-refractivity contribution in [1.82, 2.24) is 0 Å². The van der Waals surface area contributed by atoms with E-state index in [0.29, 0.717) is 19.4 Å². The van der Waals surface area contributed by atoms with Crippen LogP contribution in [0, 0.1) is 5.41 Å². The zero-order valence-electron chi connectivity index (χ0n) is 16.9. The van der Waals surface area contributed by atoms with E-state index in [1.807, 2.05) is 30.3 Å². The SMILES string of the molecule is C=CCOC1CC(=O)C(/C=C/c2ccccc2)(CCCCCCC(=O)OC)C1. The maximum atomic E-state index is 12.9. The van der Waals surface area contributed by atoms with Crippen LogP contribution in [0.1, 0.15) is 56.9 Å². The number of allylic oxidation sites excluding steroid dienone is 1. The molecule has 0 spiro atoms. The lowest BCUT2D eigenvalue weighted by atomic mass is 9.79. The lowest BCUT2D eigenvalue weighted by Crippen LogP contribution is -2.23. The van der Waals surface area contributed by atoms with Gasteiger partial charge in [-0.25, -0.2) is 0 Å². The number of benzene rings is 1. The molecule has 1 aromatic carbocycles. The maximum Gasteiger partial charge on any atom is 0.305 e. The van der Waals surface area contributed by atoms with Gasteiger partial charge in [0.2, 0.25) is 0 Å². The molecule has 1 aliphatic rings. The van der Waals surface area contributed by atoms with Gasteiger partial charge in [-0.15, -0.1) is 6.58 Å². The first-order valence-corrected chi connectivity index (χ1v) is 10.2. The molecule has 0 saturated heterocycles. The van der Waals surface area contributed by atoms with Gasteiger partial charge in [0.1, 0.15) is 5.78 Å². The molecule has 1 fully saturated rings. The molecule has 0 bridgehead atoms. The average Bonchev–Trinajstić information content (AvgIpc) is 3.03. The number of hydrogen-bond acceptors (Lipinski definition) is 4. The summed E-state index contributed by atoms with van der Waals surface area (Å²) in [7, 11) is 1.42. The summed E-state index contributed by atoms with van der Waals surface area (Å²) >= 11 is 0. The lowest BCUT2D eigenvalue weighted by molar-refractivity contribution is -0.140. The zero-order chi connectivity index (χ0) is 20.2. The summed E-state index contributed by atoms with van der Waals surface area (Å²) in [5, 5.41) is 0. The van der Waals surface area contributed by atoms with Gasteiger partial charge in [-0.2, -0.15) is 0 Å². The van der Waals surface area contributed by atoms with Crippen molar-refractivity contribution in [2.45, 2.75) is 57.5 Å². The first-order valence-electron chi connectivity index (χ1n) is 10.2. The molecule has 0 amide bonds. The molecule has 2 atom stereocenters. The Hall–Kier alpha value is -2.20. The summed E-state index contributed by atoms with van der Waals surface area (Å²) in [4.78, 5) is 24.1. The van der Waals surface area contributed by atoms with Crippen molar-refractivity contribution in [3.8, 4) is 0 Å². The number of esters is 1. The van der Waals surface area contributed by atoms with E-state index >= 15 is 0 Å². The van der Waals surface area contributed by atoms with Crippen LogP contribution in [-0.2, 0) is 19.1 Å². The predicted molar refractivity (Wildman–Crippen MR) is 112 cm³/mol. The summed E-state index contributed by atoms with van der Waals surface area (Å²) in [6, 6.07) is 10.1. The van der Waals surface area contributed by atoms with Crippen LogP contribution in [0.25, 0.3) is 6.08 Å². The van der Waals surface area contributed by atoms with Crippen molar-refractivity contribution < 1.29 is 19.1 Å². The summed E-state index contributed by atoms with van der Waals surface area (Å²) in [6.07, 6.45) is 12.1. The van der Waals surface area contributed by atoms with Crippen molar-refractivity contribution in [3.63, 3.8) is 0 Å². The Balaban J connectivity index is 1.96. The Labute approximate surface area is 168 Å². The first kappa shape index (κ1) is 22.1. The smallest absolute Gasteiger partial charge is 0.305 e. The second kappa shape index (κ2) is 11.6. The molecule has 28 heavy (non-hydrogen) atoms. The van der Waals surface area contributed by atoms with E-state index in [2.05, 4.69) is 23.5 Å². The van der Waals surface area contributed by atoms with Crippen LogP contribution >= 0.6 is 0 Å². The summed E-state index contributed by atoms with van der Waals surface area (Å²) in [5.74, 6) is 0.110. The van der Waals surface area contributed by atoms with E-state index in [-0.39, 0.29) is 17.9 Å². The Morgan fingerprint density at radius 3 is 2.68 bits per heavy atom. The van der Waals surface area contributed by atoms with Crippen molar-refractivity contribution in [2.24, 2.45) is 5.41 Å². The summed E-state index contributed by atoms with van der Waals surface area (Å²) in [5.41, 5.74) is 0.646. The largest absolute Gasteiger partial charge is 0.469 e. The minimum atomic E-state index is -0.454. The molecule has 4 heteroatoms. The van der Waals surface area contributed by atoms with E-state index in [1.165, 1.54) is 7.11 Å². The zero-order valence-corrected chi connectivity index (χ0v) is 16.9. The van der Waals surface area contributed by atoms with E-state index in [1.54, 1.807) is 6.08 Å². The Kier molecular flexibility index (Phi) is 9.15. The Morgan fingerprint density at radius 1 is 1.21 bits per heavy atom. The van der Waals surface area contributed by atoms with Crippen LogP contribution in [-0.4, -0.2) is 31.6 Å². The van der Waals surface area contributed by atoms with Crippen LogP contribution in [0.3, 0.4) is 0 Å². The van der Waals surface area contributed by atoms with E-state index < -0.39 is 5.41 Å². The third kappa shape index (κ3) is 6.75. The van der Waals surface area contributed by atoms with Gasteiger partial charge in [-0.05, 0) is 24.8 Å². The fourth-order valence-corrected chi connectivity index (χ4v) is 3.80. The molecule has 0 N–H and O–H groups in total. The molecule has 1 saturated carbocycles. The molecule has 2 unspecified atom stereocenters. The number of ether oxygens (including phenoxy) is 2. The molecule has 4 nitrogen and oxygen atoms in total. The van der Waals surface area contributed by atoms with Gasteiger partial charge in [0.15, 0.2) is 0 Å². The number of Topliss-reactive ketones (excluding diaryl/α,β-unsaturated/α-hetero) is 1. The first-order chi connectivity index (χ1) is 13.6. The second-order valence-electron chi connectivity index (χ2n) is 7.47. The van der Waals surface area contributed by atoms with Crippen LogP contribution in [0.5, 0.6) is 0 Å². The molecule has 0 aliphatic heterocycles. The minimum absolute atomic E-state index is 0.0368. The molecule has 0 radical (unpaired) electrons. The van der Waals surface area contributed by atoms with Gasteiger partial charge in [0, 0.05) is 18.3 Å². The van der Waals surface area contributed by atoms with E-state index in [9.17, 15) is 9.59 Å². The molecular formula is C24H32O4. The maximum absolute atomic E-state index is 12.9. The highest BCUT2D eigenvalue weighted by Crippen LogP contribution is 2.42. The molecule has 1 aromatic rings. The lowest BCUT2D eigenvalue weighted by Gasteiger charge is -2.24. The molecular weight excluding hydrogens is 352 g/mol. The normalized spacial score (nSPS) is 21.9. The molecule has 0 heterocycles. The third-order valence-corrected chi connectivity index (χ3v) is 5.39. The standard InChI is InChI=1S/C24H32O4/c1-3-17-28-21-18-22(25)24(19-21,16-14-20-11-7-6-8-12-20)15-10-5-4-9-13-23(26)27-2/h3,6-8,11-12,14,16,21H,1,4-5,9-10,13,15,17-19H2,2H3/b16-14+. The molecule has 2 rings (SSSR count). The van der Waals surface area contributed by atoms with Crippen LogP contribution < -0.4 is 0 Å². The van der Waals surface area contributed by atoms with Gasteiger partial charge in [-0.3, -0.25) is 9.59 Å². The number of carbonyl (C=O) groups excluding carboxylic acids is 2. The van der Waals surface area contributed by atoms with E-state index in [4.69, 9.17) is 4.74 Å². The topological polar surface area (TPSA) is 52.6 Å². The Bertz CT molecular complexity index is 664. The number of unbranched alkanes of at least 4 members (excludes halogenated alkanes) is 3. The highest BCUT2D eigenvalue weighted by Gasteiger charge is 2.44. The summed E-state index contributed by atoms with van der Waals surface area (Å²) < 4.78 is 10.5. The predicted octanol–water partition coefficient (Wildman–Crippen LogP) is 5.13. The second-order valence-corrected chi connectivity index (χ2v) is 7.47. The number of ketones is 1.